The Kier molecular flexibility index (Phi) is 8.33. The van der Waals surface area contributed by atoms with Crippen molar-refractivity contribution in [2.24, 2.45) is 0 Å². The first kappa shape index (κ1) is 27.3. The van der Waals surface area contributed by atoms with Gasteiger partial charge in [-0.2, -0.15) is 0 Å². The van der Waals surface area contributed by atoms with Crippen molar-refractivity contribution in [1.82, 2.24) is 0 Å². The van der Waals surface area contributed by atoms with Gasteiger partial charge in [0.2, 0.25) is 0 Å². The van der Waals surface area contributed by atoms with Crippen LogP contribution in [0.15, 0.2) is 58.5 Å². The Morgan fingerprint density at radius 1 is 0.781 bits per heavy atom. The molecule has 3 heteroatoms. The zero-order valence-corrected chi connectivity index (χ0v) is 23.8. The summed E-state index contributed by atoms with van der Waals surface area (Å²) in [6, 6.07) is 14.7. The quantitative estimate of drug-likeness (QED) is 0.551. The van der Waals surface area contributed by atoms with Gasteiger partial charge in [0.25, 0.3) is 0 Å². The molecule has 0 aromatic heterocycles. The number of halogens is 2. The SMILES string of the molecule is C[C](C)=[Ti+2]([C]1=CC=CC1)[CH]1c2ccc(C(C)(C)C)cc2-c2cc(C(C)(C)C)ccc21.[Cl-].[Cl-]. The van der Waals surface area contributed by atoms with Crippen molar-refractivity contribution < 1.29 is 42.2 Å². The predicted molar refractivity (Wildman–Crippen MR) is 129 cm³/mol. The van der Waals surface area contributed by atoms with Gasteiger partial charge in [0.1, 0.15) is 0 Å². The molecule has 0 saturated heterocycles. The normalized spacial score (nSPS) is 14.5. The zero-order valence-electron chi connectivity index (χ0n) is 20.7. The first-order valence-corrected chi connectivity index (χ1v) is 13.8. The molecule has 2 aliphatic rings. The average Bonchev–Trinajstić information content (AvgIpc) is 3.27. The van der Waals surface area contributed by atoms with Gasteiger partial charge >= 0.3 is 190 Å². The molecule has 0 amide bonds. The van der Waals surface area contributed by atoms with Crippen molar-refractivity contribution in [2.75, 3.05) is 0 Å². The smallest absolute Gasteiger partial charge is 1.00 e. The number of benzene rings is 2. The second kappa shape index (κ2) is 9.75. The second-order valence-corrected chi connectivity index (χ2v) is 16.0. The molecule has 0 saturated carbocycles. The van der Waals surface area contributed by atoms with E-state index in [9.17, 15) is 0 Å². The van der Waals surface area contributed by atoms with Crippen LogP contribution in [0.1, 0.15) is 88.3 Å². The summed E-state index contributed by atoms with van der Waals surface area (Å²) in [6.45, 7) is 18.7. The van der Waals surface area contributed by atoms with Crippen LogP contribution in [0, 0.1) is 0 Å². The van der Waals surface area contributed by atoms with E-state index in [0.29, 0.717) is 4.22 Å². The first-order valence-electron chi connectivity index (χ1n) is 11.3. The van der Waals surface area contributed by atoms with Gasteiger partial charge in [-0.25, -0.2) is 0 Å². The van der Waals surface area contributed by atoms with E-state index in [-0.39, 0.29) is 35.6 Å². The van der Waals surface area contributed by atoms with E-state index >= 15 is 0 Å². The number of allylic oxidation sites excluding steroid dienone is 4. The topological polar surface area (TPSA) is 0 Å². The minimum absolute atomic E-state index is 0. The standard InChI is InChI=1S/C21H25.C5H5.C3H6.2ClH.Ti/c1-20(2,3)16-9-7-14-11-15-8-10-17(21(4,5)6)13-19(15)18(14)12-16;1-2-4-5-3-1;1-3-2;;;/h7-13H,1-6H3;1-3H,4H2;1-2H3;2*1H;/q;;;;;+2/p-2. The maximum absolute atomic E-state index is 2.50. The Labute approximate surface area is 213 Å². The molecule has 0 bridgehead atoms. The monoisotopic (exact) mass is 502 g/mol. The van der Waals surface area contributed by atoms with Gasteiger partial charge in [0, 0.05) is 0 Å². The van der Waals surface area contributed by atoms with Gasteiger partial charge in [-0.1, -0.05) is 0 Å². The molecule has 0 atom stereocenters. The predicted octanol–water partition coefficient (Wildman–Crippen LogP) is 2.03. The molecule has 0 nitrogen and oxygen atoms in total. The Balaban J connectivity index is 0.00000181. The van der Waals surface area contributed by atoms with Crippen molar-refractivity contribution in [1.29, 1.82) is 0 Å². The Bertz CT molecular complexity index is 1040. The third-order valence-corrected chi connectivity index (χ3v) is 11.9. The summed E-state index contributed by atoms with van der Waals surface area (Å²) in [5, 5.41) is 0. The van der Waals surface area contributed by atoms with Crippen molar-refractivity contribution in [3.8, 4) is 11.1 Å². The maximum atomic E-state index is 2.50. The zero-order chi connectivity index (χ0) is 21.8. The largest absolute Gasteiger partial charge is 1.00 e. The van der Waals surface area contributed by atoms with Crippen LogP contribution in [-0.4, -0.2) is 3.81 Å². The molecule has 4 rings (SSSR count). The van der Waals surface area contributed by atoms with Crippen LogP contribution in [0.3, 0.4) is 0 Å². The summed E-state index contributed by atoms with van der Waals surface area (Å²) in [5.41, 5.74) is 9.35. The number of fused-ring (bicyclic) bond motifs is 3. The summed E-state index contributed by atoms with van der Waals surface area (Å²) in [4.78, 5) is 0. The molecule has 0 aliphatic heterocycles. The number of hydrogen-bond donors (Lipinski definition) is 0. The van der Waals surface area contributed by atoms with Crippen LogP contribution in [-0.2, 0) is 28.2 Å². The molecule has 0 N–H and O–H groups in total. The van der Waals surface area contributed by atoms with Crippen LogP contribution in [0.4, 0.5) is 0 Å². The van der Waals surface area contributed by atoms with E-state index in [4.69, 9.17) is 0 Å². The van der Waals surface area contributed by atoms with Gasteiger partial charge < -0.3 is 24.8 Å². The van der Waals surface area contributed by atoms with E-state index < -0.39 is 17.4 Å². The minimum Gasteiger partial charge on any atom is -1.00 e. The fraction of sp³-hybridized carbons (Fsp3) is 0.414. The fourth-order valence-electron chi connectivity index (χ4n) is 4.94. The Morgan fingerprint density at radius 3 is 1.59 bits per heavy atom. The molecule has 0 spiro atoms. The van der Waals surface area contributed by atoms with E-state index in [0.717, 1.165) is 6.42 Å². The molecular formula is C29H36Cl2Ti. The average molecular weight is 503 g/mol. The maximum Gasteiger partial charge on any atom is -1.00 e. The van der Waals surface area contributed by atoms with E-state index in [2.05, 4.69) is 110 Å². The van der Waals surface area contributed by atoms with Gasteiger partial charge in [-0.15, -0.1) is 0 Å². The molecule has 0 unspecified atom stereocenters. The summed E-state index contributed by atoms with van der Waals surface area (Å²) in [5.74, 6) is 0. The summed E-state index contributed by atoms with van der Waals surface area (Å²) in [7, 11) is 0. The van der Waals surface area contributed by atoms with E-state index in [1.807, 2.05) is 0 Å². The van der Waals surface area contributed by atoms with Crippen molar-refractivity contribution in [3.05, 3.63) is 80.8 Å². The molecule has 0 radical (unpaired) electrons. The van der Waals surface area contributed by atoms with E-state index in [1.54, 1.807) is 18.8 Å². The molecule has 0 fully saturated rings. The van der Waals surface area contributed by atoms with Crippen LogP contribution in [0.25, 0.3) is 11.1 Å². The van der Waals surface area contributed by atoms with Gasteiger partial charge in [-0.3, -0.25) is 0 Å². The van der Waals surface area contributed by atoms with Crippen LogP contribution in [0.2, 0.25) is 0 Å². The van der Waals surface area contributed by atoms with E-state index in [1.165, 1.54) is 22.3 Å². The van der Waals surface area contributed by atoms with Crippen LogP contribution >= 0.6 is 0 Å². The molecule has 2 aromatic carbocycles. The number of hydrogen-bond acceptors (Lipinski definition) is 0. The van der Waals surface area contributed by atoms with Gasteiger partial charge in [0.15, 0.2) is 0 Å². The van der Waals surface area contributed by atoms with Crippen molar-refractivity contribution in [2.45, 2.75) is 76.9 Å². The third kappa shape index (κ3) is 4.95. The Hall–Kier alpha value is -0.916. The first-order chi connectivity index (χ1) is 14.0. The Morgan fingerprint density at radius 2 is 1.25 bits per heavy atom. The van der Waals surface area contributed by atoms with Crippen molar-refractivity contribution >= 4 is 3.81 Å². The molecular weight excluding hydrogens is 467 g/mol. The van der Waals surface area contributed by atoms with Crippen LogP contribution < -0.4 is 24.8 Å². The molecule has 2 aromatic rings. The second-order valence-electron chi connectivity index (χ2n) is 11.3. The molecule has 170 valence electrons. The summed E-state index contributed by atoms with van der Waals surface area (Å²) in [6.07, 6.45) is 8.19. The van der Waals surface area contributed by atoms with Gasteiger partial charge in [-0.05, 0) is 0 Å². The van der Waals surface area contributed by atoms with Crippen LogP contribution in [0.5, 0.6) is 0 Å². The molecule has 0 heterocycles. The summed E-state index contributed by atoms with van der Waals surface area (Å²) >= 11 is -1.64. The summed E-state index contributed by atoms with van der Waals surface area (Å²) < 4.78 is 3.97. The third-order valence-electron chi connectivity index (χ3n) is 6.70. The number of rotatable bonds is 2. The molecule has 32 heavy (non-hydrogen) atoms. The van der Waals surface area contributed by atoms with Gasteiger partial charge in [0.05, 0.1) is 0 Å². The van der Waals surface area contributed by atoms with Crippen molar-refractivity contribution in [3.63, 3.8) is 0 Å². The fourth-order valence-corrected chi connectivity index (χ4v) is 10.1. The molecule has 2 aliphatic carbocycles. The minimum atomic E-state index is -1.64.